The molecule has 1 N–H and O–H groups in total. The minimum absolute atomic E-state index is 0.330. The molecule has 0 amide bonds. The molecule has 3 nitrogen and oxygen atoms in total. The van der Waals surface area contributed by atoms with Gasteiger partial charge >= 0.3 is 5.97 Å². The monoisotopic (exact) mass is 318 g/mol. The molecular weight excluding hydrogens is 300 g/mol. The highest BCUT2D eigenvalue weighted by Crippen LogP contribution is 2.27. The van der Waals surface area contributed by atoms with E-state index >= 15 is 0 Å². The van der Waals surface area contributed by atoms with Gasteiger partial charge in [0.15, 0.2) is 0 Å². The first-order valence-corrected chi connectivity index (χ1v) is 7.75. The van der Waals surface area contributed by atoms with Crippen LogP contribution < -0.4 is 4.74 Å². The van der Waals surface area contributed by atoms with E-state index in [-0.39, 0.29) is 0 Å². The average molecular weight is 318 g/mol. The zero-order chi connectivity index (χ0) is 16.9. The van der Waals surface area contributed by atoms with Crippen LogP contribution in [0.25, 0.3) is 11.1 Å². The number of benzene rings is 3. The minimum atomic E-state index is -0.905. The molecule has 0 saturated carbocycles. The maximum Gasteiger partial charge on any atom is 0.335 e. The van der Waals surface area contributed by atoms with E-state index in [1.54, 1.807) is 12.1 Å². The SMILES string of the molecule is Cc1c(C(=O)O)cccc1-c1ccc(OCc2ccccc2)cc1. The van der Waals surface area contributed by atoms with Crippen LogP contribution in [-0.4, -0.2) is 11.1 Å². The van der Waals surface area contributed by atoms with E-state index in [0.29, 0.717) is 12.2 Å². The molecule has 0 aliphatic carbocycles. The molecule has 0 radical (unpaired) electrons. The summed E-state index contributed by atoms with van der Waals surface area (Å²) in [5.41, 5.74) is 4.11. The van der Waals surface area contributed by atoms with Crippen LogP contribution in [0.3, 0.4) is 0 Å². The van der Waals surface area contributed by atoms with Crippen LogP contribution in [0.2, 0.25) is 0 Å². The van der Waals surface area contributed by atoms with Gasteiger partial charge in [0.2, 0.25) is 0 Å². The lowest BCUT2D eigenvalue weighted by molar-refractivity contribution is 0.0696. The number of aromatic carboxylic acids is 1. The van der Waals surface area contributed by atoms with Crippen molar-refractivity contribution in [2.75, 3.05) is 0 Å². The van der Waals surface area contributed by atoms with Gasteiger partial charge in [-0.25, -0.2) is 4.79 Å². The van der Waals surface area contributed by atoms with Crippen LogP contribution in [-0.2, 0) is 6.61 Å². The van der Waals surface area contributed by atoms with Crippen molar-refractivity contribution in [3.63, 3.8) is 0 Å². The standard InChI is InChI=1S/C21H18O3/c1-15-19(8-5-9-20(15)21(22)23)17-10-12-18(13-11-17)24-14-16-6-3-2-4-7-16/h2-13H,14H2,1H3,(H,22,23). The van der Waals surface area contributed by atoms with Gasteiger partial charge in [-0.05, 0) is 47.4 Å². The summed E-state index contributed by atoms with van der Waals surface area (Å²) in [4.78, 5) is 11.3. The molecule has 0 spiro atoms. The van der Waals surface area contributed by atoms with Crippen LogP contribution in [0, 0.1) is 6.92 Å². The molecule has 0 aliphatic rings. The Morgan fingerprint density at radius 3 is 2.29 bits per heavy atom. The van der Waals surface area contributed by atoms with Gasteiger partial charge < -0.3 is 9.84 Å². The van der Waals surface area contributed by atoms with Gasteiger partial charge in [-0.15, -0.1) is 0 Å². The Morgan fingerprint density at radius 1 is 0.917 bits per heavy atom. The number of hydrogen-bond acceptors (Lipinski definition) is 2. The molecule has 0 aliphatic heterocycles. The smallest absolute Gasteiger partial charge is 0.335 e. The Balaban J connectivity index is 1.78. The number of carboxylic acid groups (broad SMARTS) is 1. The van der Waals surface area contributed by atoms with Gasteiger partial charge in [0, 0.05) is 0 Å². The Morgan fingerprint density at radius 2 is 1.62 bits per heavy atom. The second kappa shape index (κ2) is 7.01. The van der Waals surface area contributed by atoms with Gasteiger partial charge in [0.1, 0.15) is 12.4 Å². The number of carboxylic acids is 1. The Labute approximate surface area is 141 Å². The highest BCUT2D eigenvalue weighted by molar-refractivity contribution is 5.92. The van der Waals surface area contributed by atoms with Gasteiger partial charge in [0.25, 0.3) is 0 Å². The van der Waals surface area contributed by atoms with Crippen molar-refractivity contribution in [3.8, 4) is 16.9 Å². The number of rotatable bonds is 5. The number of carbonyl (C=O) groups is 1. The fourth-order valence-electron chi connectivity index (χ4n) is 2.65. The third-order valence-electron chi connectivity index (χ3n) is 3.98. The van der Waals surface area contributed by atoms with Crippen molar-refractivity contribution in [1.82, 2.24) is 0 Å². The fourth-order valence-corrected chi connectivity index (χ4v) is 2.65. The second-order valence-electron chi connectivity index (χ2n) is 5.58. The molecule has 0 unspecified atom stereocenters. The van der Waals surface area contributed by atoms with E-state index < -0.39 is 5.97 Å². The summed E-state index contributed by atoms with van der Waals surface area (Å²) in [6, 6.07) is 23.0. The molecule has 3 rings (SSSR count). The topological polar surface area (TPSA) is 46.5 Å². The van der Waals surface area contributed by atoms with Crippen molar-refractivity contribution in [2.24, 2.45) is 0 Å². The predicted octanol–water partition coefficient (Wildman–Crippen LogP) is 4.94. The van der Waals surface area contributed by atoms with Gasteiger partial charge in [0.05, 0.1) is 5.56 Å². The quantitative estimate of drug-likeness (QED) is 0.725. The van der Waals surface area contributed by atoms with E-state index in [2.05, 4.69) is 0 Å². The highest BCUT2D eigenvalue weighted by Gasteiger charge is 2.11. The molecule has 0 saturated heterocycles. The summed E-state index contributed by atoms with van der Waals surface area (Å²) in [6.45, 7) is 2.35. The summed E-state index contributed by atoms with van der Waals surface area (Å²) in [5, 5.41) is 9.24. The van der Waals surface area contributed by atoms with E-state index in [1.165, 1.54) is 0 Å². The molecule has 0 fully saturated rings. The minimum Gasteiger partial charge on any atom is -0.489 e. The first kappa shape index (κ1) is 15.8. The summed E-state index contributed by atoms with van der Waals surface area (Å²) in [7, 11) is 0. The van der Waals surface area contributed by atoms with Gasteiger partial charge in [-0.2, -0.15) is 0 Å². The molecule has 0 aromatic heterocycles. The van der Waals surface area contributed by atoms with Crippen LogP contribution >= 0.6 is 0 Å². The van der Waals surface area contributed by atoms with Crippen LogP contribution in [0.1, 0.15) is 21.5 Å². The van der Waals surface area contributed by atoms with Crippen molar-refractivity contribution >= 4 is 5.97 Å². The molecule has 0 atom stereocenters. The summed E-state index contributed by atoms with van der Waals surface area (Å²) in [5.74, 6) is -0.119. The summed E-state index contributed by atoms with van der Waals surface area (Å²) < 4.78 is 5.78. The molecule has 3 aromatic rings. The summed E-state index contributed by atoms with van der Waals surface area (Å²) >= 11 is 0. The molecule has 3 aromatic carbocycles. The summed E-state index contributed by atoms with van der Waals surface area (Å²) in [6.07, 6.45) is 0. The zero-order valence-corrected chi connectivity index (χ0v) is 13.4. The first-order valence-electron chi connectivity index (χ1n) is 7.75. The number of hydrogen-bond donors (Lipinski definition) is 1. The molecule has 24 heavy (non-hydrogen) atoms. The lowest BCUT2D eigenvalue weighted by atomic mass is 9.96. The van der Waals surface area contributed by atoms with Crippen LogP contribution in [0.15, 0.2) is 72.8 Å². The second-order valence-corrected chi connectivity index (χ2v) is 5.58. The largest absolute Gasteiger partial charge is 0.489 e. The van der Waals surface area contributed by atoms with Gasteiger partial charge in [-0.3, -0.25) is 0 Å². The van der Waals surface area contributed by atoms with E-state index in [9.17, 15) is 9.90 Å². The molecular formula is C21H18O3. The maximum atomic E-state index is 11.3. The van der Waals surface area contributed by atoms with Crippen LogP contribution in [0.4, 0.5) is 0 Å². The van der Waals surface area contributed by atoms with Crippen molar-refractivity contribution < 1.29 is 14.6 Å². The van der Waals surface area contributed by atoms with Crippen molar-refractivity contribution in [1.29, 1.82) is 0 Å². The van der Waals surface area contributed by atoms with Crippen LogP contribution in [0.5, 0.6) is 5.75 Å². The third-order valence-corrected chi connectivity index (χ3v) is 3.98. The Bertz CT molecular complexity index is 837. The molecule has 120 valence electrons. The predicted molar refractivity (Wildman–Crippen MR) is 94.3 cm³/mol. The first-order chi connectivity index (χ1) is 11.6. The molecule has 0 bridgehead atoms. The van der Waals surface area contributed by atoms with E-state index in [0.717, 1.165) is 28.0 Å². The fraction of sp³-hybridized carbons (Fsp3) is 0.0952. The average Bonchev–Trinajstić information content (AvgIpc) is 2.61. The van der Waals surface area contributed by atoms with E-state index in [1.807, 2.05) is 67.6 Å². The normalized spacial score (nSPS) is 10.4. The maximum absolute atomic E-state index is 11.3. The van der Waals surface area contributed by atoms with Crippen molar-refractivity contribution in [3.05, 3.63) is 89.5 Å². The number of ether oxygens (including phenoxy) is 1. The molecule has 3 heteroatoms. The lowest BCUT2D eigenvalue weighted by Crippen LogP contribution is -2.00. The highest BCUT2D eigenvalue weighted by atomic mass is 16.5. The lowest BCUT2D eigenvalue weighted by Gasteiger charge is -2.10. The Hall–Kier alpha value is -3.07. The van der Waals surface area contributed by atoms with E-state index in [4.69, 9.17) is 4.74 Å². The van der Waals surface area contributed by atoms with Crippen molar-refractivity contribution in [2.45, 2.75) is 13.5 Å². The zero-order valence-electron chi connectivity index (χ0n) is 13.4. The molecule has 0 heterocycles. The van der Waals surface area contributed by atoms with Gasteiger partial charge in [-0.1, -0.05) is 54.6 Å². The Kier molecular flexibility index (Phi) is 4.62. The third kappa shape index (κ3) is 3.46.